The molecule has 2 rings (SSSR count). The molecule has 2 amide bonds. The first-order valence-electron chi connectivity index (χ1n) is 8.86. The van der Waals surface area contributed by atoms with E-state index in [-0.39, 0.29) is 11.8 Å². The fourth-order valence-electron chi connectivity index (χ4n) is 3.10. The molecule has 1 saturated heterocycles. The average molecular weight is 316 g/mol. The number of hydrogen-bond donors (Lipinski definition) is 1. The highest BCUT2D eigenvalue weighted by Crippen LogP contribution is 2.22. The van der Waals surface area contributed by atoms with Crippen LogP contribution in [0.1, 0.15) is 73.1 Å². The van der Waals surface area contributed by atoms with Gasteiger partial charge < -0.3 is 10.2 Å². The number of nitrogens with zero attached hydrogens (tertiary/aromatic N) is 1. The zero-order valence-corrected chi connectivity index (χ0v) is 14.3. The second-order valence-electron chi connectivity index (χ2n) is 6.24. The van der Waals surface area contributed by atoms with Crippen LogP contribution in [-0.4, -0.2) is 35.8 Å². The van der Waals surface area contributed by atoms with Gasteiger partial charge in [0, 0.05) is 30.3 Å². The molecule has 0 radical (unpaired) electrons. The van der Waals surface area contributed by atoms with E-state index in [9.17, 15) is 9.59 Å². The zero-order valence-electron chi connectivity index (χ0n) is 14.3. The number of nitrogens with one attached hydrogen (secondary N) is 1. The number of rotatable bonds is 6. The van der Waals surface area contributed by atoms with Crippen molar-refractivity contribution in [1.82, 2.24) is 10.2 Å². The number of hydrogen-bond acceptors (Lipinski definition) is 2. The minimum Gasteiger partial charge on any atom is -0.352 e. The molecule has 0 spiro atoms. The molecular weight excluding hydrogens is 288 g/mol. The second-order valence-corrected chi connectivity index (χ2v) is 6.24. The van der Waals surface area contributed by atoms with Crippen molar-refractivity contribution in [2.24, 2.45) is 0 Å². The van der Waals surface area contributed by atoms with E-state index in [0.29, 0.717) is 23.7 Å². The van der Waals surface area contributed by atoms with Gasteiger partial charge in [0.1, 0.15) is 0 Å². The maximum Gasteiger partial charge on any atom is 0.254 e. The smallest absolute Gasteiger partial charge is 0.254 e. The standard InChI is InChI=1S/C19H28N2O2/c1-3-5-13-20-18(22)15-9-11-16(12-10-15)19(23)21-14-7-6-8-17(21)4-2/h9-12,17H,3-8,13-14H2,1-2H3,(H,20,22). The average Bonchev–Trinajstić information content (AvgIpc) is 2.61. The van der Waals surface area contributed by atoms with E-state index < -0.39 is 0 Å². The number of carbonyl (C=O) groups is 2. The third-order valence-corrected chi connectivity index (χ3v) is 4.57. The Labute approximate surface area is 139 Å². The van der Waals surface area contributed by atoms with Crippen LogP contribution in [0.4, 0.5) is 0 Å². The number of benzene rings is 1. The number of piperidine rings is 1. The highest BCUT2D eigenvalue weighted by atomic mass is 16.2. The summed E-state index contributed by atoms with van der Waals surface area (Å²) in [5, 5.41) is 2.89. The van der Waals surface area contributed by atoms with E-state index in [1.807, 2.05) is 4.90 Å². The fourth-order valence-corrected chi connectivity index (χ4v) is 3.10. The Kier molecular flexibility index (Phi) is 6.63. The van der Waals surface area contributed by atoms with Crippen LogP contribution in [0.5, 0.6) is 0 Å². The molecule has 1 aliphatic rings. The van der Waals surface area contributed by atoms with Crippen molar-refractivity contribution in [3.05, 3.63) is 35.4 Å². The quantitative estimate of drug-likeness (QED) is 0.815. The van der Waals surface area contributed by atoms with Crippen LogP contribution in [0.2, 0.25) is 0 Å². The van der Waals surface area contributed by atoms with Gasteiger partial charge in [-0.25, -0.2) is 0 Å². The molecule has 0 bridgehead atoms. The van der Waals surface area contributed by atoms with Gasteiger partial charge in [-0.15, -0.1) is 0 Å². The van der Waals surface area contributed by atoms with Crippen molar-refractivity contribution in [3.63, 3.8) is 0 Å². The number of amides is 2. The van der Waals surface area contributed by atoms with Gasteiger partial charge in [0.25, 0.3) is 11.8 Å². The highest BCUT2D eigenvalue weighted by Gasteiger charge is 2.26. The second kappa shape index (κ2) is 8.70. The molecule has 1 aromatic rings. The Morgan fingerprint density at radius 1 is 1.13 bits per heavy atom. The SMILES string of the molecule is CCCCNC(=O)c1ccc(C(=O)N2CCCCC2CC)cc1. The van der Waals surface area contributed by atoms with Crippen LogP contribution in [0, 0.1) is 0 Å². The summed E-state index contributed by atoms with van der Waals surface area (Å²) in [7, 11) is 0. The third kappa shape index (κ3) is 4.57. The van der Waals surface area contributed by atoms with Gasteiger partial charge in [-0.3, -0.25) is 9.59 Å². The van der Waals surface area contributed by atoms with Crippen molar-refractivity contribution in [2.45, 2.75) is 58.4 Å². The highest BCUT2D eigenvalue weighted by molar-refractivity contribution is 5.98. The van der Waals surface area contributed by atoms with Crippen molar-refractivity contribution in [2.75, 3.05) is 13.1 Å². The van der Waals surface area contributed by atoms with Gasteiger partial charge in [0.2, 0.25) is 0 Å². The van der Waals surface area contributed by atoms with E-state index in [1.54, 1.807) is 24.3 Å². The molecule has 1 fully saturated rings. The summed E-state index contributed by atoms with van der Waals surface area (Å²) >= 11 is 0. The molecule has 126 valence electrons. The third-order valence-electron chi connectivity index (χ3n) is 4.57. The molecule has 1 aromatic carbocycles. The summed E-state index contributed by atoms with van der Waals surface area (Å²) < 4.78 is 0. The van der Waals surface area contributed by atoms with Crippen LogP contribution in [-0.2, 0) is 0 Å². The lowest BCUT2D eigenvalue weighted by molar-refractivity contribution is 0.0607. The van der Waals surface area contributed by atoms with Crippen molar-refractivity contribution < 1.29 is 9.59 Å². The van der Waals surface area contributed by atoms with E-state index in [4.69, 9.17) is 0 Å². The van der Waals surface area contributed by atoms with Crippen molar-refractivity contribution in [3.8, 4) is 0 Å². The predicted octanol–water partition coefficient (Wildman–Crippen LogP) is 3.62. The van der Waals surface area contributed by atoms with E-state index in [2.05, 4.69) is 19.2 Å². The Balaban J connectivity index is 2.00. The first-order chi connectivity index (χ1) is 11.2. The van der Waals surface area contributed by atoms with Gasteiger partial charge in [0.15, 0.2) is 0 Å². The lowest BCUT2D eigenvalue weighted by Gasteiger charge is -2.35. The Hall–Kier alpha value is -1.84. The molecular formula is C19H28N2O2. The first-order valence-corrected chi connectivity index (χ1v) is 8.86. The number of carbonyl (C=O) groups excluding carboxylic acids is 2. The topological polar surface area (TPSA) is 49.4 Å². The monoisotopic (exact) mass is 316 g/mol. The van der Waals surface area contributed by atoms with Gasteiger partial charge >= 0.3 is 0 Å². The van der Waals surface area contributed by atoms with Crippen LogP contribution in [0.3, 0.4) is 0 Å². The summed E-state index contributed by atoms with van der Waals surface area (Å²) in [6, 6.07) is 7.41. The summed E-state index contributed by atoms with van der Waals surface area (Å²) in [6.45, 7) is 5.77. The van der Waals surface area contributed by atoms with Gasteiger partial charge in [0.05, 0.1) is 0 Å². The van der Waals surface area contributed by atoms with E-state index >= 15 is 0 Å². The fraction of sp³-hybridized carbons (Fsp3) is 0.579. The van der Waals surface area contributed by atoms with Gasteiger partial charge in [-0.05, 0) is 56.4 Å². The van der Waals surface area contributed by atoms with Crippen LogP contribution in [0.15, 0.2) is 24.3 Å². The van der Waals surface area contributed by atoms with Crippen LogP contribution >= 0.6 is 0 Å². The predicted molar refractivity (Wildman–Crippen MR) is 92.6 cm³/mol. The molecule has 1 atom stereocenters. The largest absolute Gasteiger partial charge is 0.352 e. The summed E-state index contributed by atoms with van der Waals surface area (Å²) in [4.78, 5) is 26.7. The minimum absolute atomic E-state index is 0.0677. The van der Waals surface area contributed by atoms with Gasteiger partial charge in [-0.1, -0.05) is 20.3 Å². The molecule has 1 unspecified atom stereocenters. The van der Waals surface area contributed by atoms with E-state index in [1.165, 1.54) is 6.42 Å². The molecule has 0 aliphatic carbocycles. The Bertz CT molecular complexity index is 525. The van der Waals surface area contributed by atoms with Crippen LogP contribution < -0.4 is 5.32 Å². The number of unbranched alkanes of at least 4 members (excludes halogenated alkanes) is 1. The maximum atomic E-state index is 12.7. The van der Waals surface area contributed by atoms with Gasteiger partial charge in [-0.2, -0.15) is 0 Å². The zero-order chi connectivity index (χ0) is 16.7. The Morgan fingerprint density at radius 2 is 1.83 bits per heavy atom. The summed E-state index contributed by atoms with van der Waals surface area (Å²) in [6.07, 6.45) is 6.43. The molecule has 23 heavy (non-hydrogen) atoms. The molecule has 0 aromatic heterocycles. The lowest BCUT2D eigenvalue weighted by Crippen LogP contribution is -2.43. The molecule has 1 heterocycles. The molecule has 1 aliphatic heterocycles. The number of likely N-dealkylation sites (tertiary alicyclic amines) is 1. The molecule has 0 saturated carbocycles. The van der Waals surface area contributed by atoms with E-state index in [0.717, 1.165) is 38.6 Å². The normalized spacial score (nSPS) is 17.8. The summed E-state index contributed by atoms with van der Waals surface area (Å²) in [5.41, 5.74) is 1.29. The molecule has 4 nitrogen and oxygen atoms in total. The first kappa shape index (κ1) is 17.5. The van der Waals surface area contributed by atoms with Crippen LogP contribution in [0.25, 0.3) is 0 Å². The minimum atomic E-state index is -0.0677. The van der Waals surface area contributed by atoms with Crippen molar-refractivity contribution >= 4 is 11.8 Å². The molecule has 1 N–H and O–H groups in total. The lowest BCUT2D eigenvalue weighted by atomic mass is 9.98. The molecule has 4 heteroatoms. The Morgan fingerprint density at radius 3 is 2.48 bits per heavy atom. The van der Waals surface area contributed by atoms with Crippen molar-refractivity contribution in [1.29, 1.82) is 0 Å². The maximum absolute atomic E-state index is 12.7. The summed E-state index contributed by atoms with van der Waals surface area (Å²) in [5.74, 6) is 0.0244.